The second kappa shape index (κ2) is 6.35. The molecule has 0 saturated heterocycles. The fourth-order valence-corrected chi connectivity index (χ4v) is 4.38. The van der Waals surface area contributed by atoms with Gasteiger partial charge in [0.2, 0.25) is 0 Å². The summed E-state index contributed by atoms with van der Waals surface area (Å²) in [5.74, 6) is 1.27. The van der Waals surface area contributed by atoms with Gasteiger partial charge in [-0.1, -0.05) is 71.9 Å². The molecule has 2 aromatic heterocycles. The van der Waals surface area contributed by atoms with E-state index in [1.807, 2.05) is 42.5 Å². The maximum atomic E-state index is 6.45. The fourth-order valence-electron chi connectivity index (χ4n) is 2.23. The van der Waals surface area contributed by atoms with E-state index in [1.165, 1.54) is 17.3 Å². The average molecular weight is 359 g/mol. The van der Waals surface area contributed by atoms with Crippen LogP contribution in [-0.2, 0) is 5.75 Å². The van der Waals surface area contributed by atoms with Gasteiger partial charge in [0.15, 0.2) is 0 Å². The SMILES string of the molecule is Clc1c(-c2nnc(SCc3ccccc3)o2)sc2ccccc12. The molecule has 0 aliphatic heterocycles. The topological polar surface area (TPSA) is 38.9 Å². The molecule has 0 amide bonds. The maximum absolute atomic E-state index is 6.45. The summed E-state index contributed by atoms with van der Waals surface area (Å²) in [6.45, 7) is 0. The summed E-state index contributed by atoms with van der Waals surface area (Å²) in [6.07, 6.45) is 0. The molecule has 0 radical (unpaired) electrons. The van der Waals surface area contributed by atoms with Crippen LogP contribution in [-0.4, -0.2) is 10.2 Å². The van der Waals surface area contributed by atoms with Crippen molar-refractivity contribution in [2.75, 3.05) is 0 Å². The molecule has 4 aromatic rings. The van der Waals surface area contributed by atoms with Crippen LogP contribution in [0.4, 0.5) is 0 Å². The summed E-state index contributed by atoms with van der Waals surface area (Å²) in [5, 5.41) is 10.5. The van der Waals surface area contributed by atoms with E-state index in [0.29, 0.717) is 16.1 Å². The lowest BCUT2D eigenvalue weighted by atomic mass is 10.2. The maximum Gasteiger partial charge on any atom is 0.277 e. The minimum absolute atomic E-state index is 0.478. The predicted octanol–water partition coefficient (Wildman–Crippen LogP) is 5.90. The molecule has 0 spiro atoms. The summed E-state index contributed by atoms with van der Waals surface area (Å²) in [5.41, 5.74) is 1.22. The molecular weight excluding hydrogens is 348 g/mol. The van der Waals surface area contributed by atoms with Crippen molar-refractivity contribution >= 4 is 44.8 Å². The predicted molar refractivity (Wildman–Crippen MR) is 96.1 cm³/mol. The third kappa shape index (κ3) is 3.00. The van der Waals surface area contributed by atoms with Crippen LogP contribution < -0.4 is 0 Å². The van der Waals surface area contributed by atoms with Gasteiger partial charge in [-0.15, -0.1) is 21.5 Å². The van der Waals surface area contributed by atoms with Crippen molar-refractivity contribution in [3.63, 3.8) is 0 Å². The lowest BCUT2D eigenvalue weighted by Crippen LogP contribution is -1.79. The Morgan fingerprint density at radius 3 is 2.61 bits per heavy atom. The van der Waals surface area contributed by atoms with E-state index in [9.17, 15) is 0 Å². The zero-order valence-electron chi connectivity index (χ0n) is 11.9. The Morgan fingerprint density at radius 1 is 1.00 bits per heavy atom. The van der Waals surface area contributed by atoms with E-state index in [-0.39, 0.29) is 0 Å². The Kier molecular flexibility index (Phi) is 4.08. The molecule has 2 heterocycles. The molecule has 0 bridgehead atoms. The van der Waals surface area contributed by atoms with Crippen LogP contribution in [0.15, 0.2) is 64.2 Å². The lowest BCUT2D eigenvalue weighted by molar-refractivity contribution is 0.467. The summed E-state index contributed by atoms with van der Waals surface area (Å²) in [7, 11) is 0. The zero-order chi connectivity index (χ0) is 15.6. The van der Waals surface area contributed by atoms with Crippen molar-refractivity contribution in [2.24, 2.45) is 0 Å². The molecule has 4 rings (SSSR count). The second-order valence-corrected chi connectivity index (χ2v) is 7.25. The Labute approximate surface area is 146 Å². The Hall–Kier alpha value is -1.82. The Balaban J connectivity index is 1.58. The van der Waals surface area contributed by atoms with Gasteiger partial charge in [-0.05, 0) is 11.6 Å². The zero-order valence-corrected chi connectivity index (χ0v) is 14.3. The van der Waals surface area contributed by atoms with E-state index in [2.05, 4.69) is 22.3 Å². The van der Waals surface area contributed by atoms with Crippen LogP contribution in [0.5, 0.6) is 0 Å². The molecular formula is C17H11ClN2OS2. The van der Waals surface area contributed by atoms with Gasteiger partial charge >= 0.3 is 0 Å². The first-order valence-electron chi connectivity index (χ1n) is 6.99. The van der Waals surface area contributed by atoms with Crippen molar-refractivity contribution in [3.8, 4) is 10.8 Å². The van der Waals surface area contributed by atoms with Crippen LogP contribution >= 0.6 is 34.7 Å². The number of nitrogens with zero attached hydrogens (tertiary/aromatic N) is 2. The Bertz CT molecular complexity index is 950. The molecule has 0 aliphatic rings. The van der Waals surface area contributed by atoms with E-state index in [1.54, 1.807) is 11.3 Å². The molecule has 0 aliphatic carbocycles. The second-order valence-electron chi connectivity index (χ2n) is 4.89. The highest BCUT2D eigenvalue weighted by atomic mass is 35.5. The van der Waals surface area contributed by atoms with E-state index in [4.69, 9.17) is 16.0 Å². The van der Waals surface area contributed by atoms with Gasteiger partial charge in [-0.3, -0.25) is 0 Å². The number of thiophene rings is 1. The molecule has 23 heavy (non-hydrogen) atoms. The quantitative estimate of drug-likeness (QED) is 0.426. The fraction of sp³-hybridized carbons (Fsp3) is 0.0588. The molecule has 6 heteroatoms. The molecule has 0 unspecified atom stereocenters. The van der Waals surface area contributed by atoms with Gasteiger partial charge in [0.25, 0.3) is 11.1 Å². The number of benzene rings is 2. The van der Waals surface area contributed by atoms with Crippen LogP contribution in [0.1, 0.15) is 5.56 Å². The number of thioether (sulfide) groups is 1. The average Bonchev–Trinajstić information content (AvgIpc) is 3.19. The molecule has 2 aromatic carbocycles. The summed E-state index contributed by atoms with van der Waals surface area (Å²) in [4.78, 5) is 0.826. The number of rotatable bonds is 4. The minimum atomic E-state index is 0.478. The van der Waals surface area contributed by atoms with E-state index < -0.39 is 0 Å². The van der Waals surface area contributed by atoms with Crippen LogP contribution in [0.2, 0.25) is 5.02 Å². The van der Waals surface area contributed by atoms with Crippen molar-refractivity contribution in [1.29, 1.82) is 0 Å². The highest BCUT2D eigenvalue weighted by molar-refractivity contribution is 7.98. The van der Waals surface area contributed by atoms with E-state index in [0.717, 1.165) is 20.7 Å². The number of fused-ring (bicyclic) bond motifs is 1. The summed E-state index contributed by atoms with van der Waals surface area (Å²) >= 11 is 9.54. The highest BCUT2D eigenvalue weighted by Gasteiger charge is 2.17. The van der Waals surface area contributed by atoms with Crippen LogP contribution in [0.25, 0.3) is 20.9 Å². The van der Waals surface area contributed by atoms with Crippen LogP contribution in [0, 0.1) is 0 Å². The van der Waals surface area contributed by atoms with E-state index >= 15 is 0 Å². The molecule has 114 valence electrons. The third-order valence-electron chi connectivity index (χ3n) is 3.34. The first-order valence-corrected chi connectivity index (χ1v) is 9.17. The van der Waals surface area contributed by atoms with Crippen molar-refractivity contribution in [3.05, 3.63) is 65.2 Å². The Morgan fingerprint density at radius 2 is 1.78 bits per heavy atom. The van der Waals surface area contributed by atoms with Gasteiger partial charge in [0.1, 0.15) is 4.88 Å². The van der Waals surface area contributed by atoms with Crippen molar-refractivity contribution in [1.82, 2.24) is 10.2 Å². The van der Waals surface area contributed by atoms with Gasteiger partial charge in [0, 0.05) is 15.8 Å². The van der Waals surface area contributed by atoms with Crippen LogP contribution in [0.3, 0.4) is 0 Å². The van der Waals surface area contributed by atoms with Gasteiger partial charge in [0.05, 0.1) is 5.02 Å². The monoisotopic (exact) mass is 358 g/mol. The number of hydrogen-bond donors (Lipinski definition) is 0. The molecule has 3 nitrogen and oxygen atoms in total. The smallest absolute Gasteiger partial charge is 0.277 e. The van der Waals surface area contributed by atoms with Crippen molar-refractivity contribution < 1.29 is 4.42 Å². The number of aromatic nitrogens is 2. The lowest BCUT2D eigenvalue weighted by Gasteiger charge is -1.96. The minimum Gasteiger partial charge on any atom is -0.410 e. The molecule has 0 atom stereocenters. The molecule has 0 N–H and O–H groups in total. The first-order chi connectivity index (χ1) is 11.3. The number of hydrogen-bond acceptors (Lipinski definition) is 5. The summed E-state index contributed by atoms with van der Waals surface area (Å²) in [6, 6.07) is 18.2. The molecule has 0 saturated carbocycles. The number of halogens is 1. The summed E-state index contributed by atoms with van der Waals surface area (Å²) < 4.78 is 6.88. The normalized spacial score (nSPS) is 11.2. The van der Waals surface area contributed by atoms with Crippen molar-refractivity contribution in [2.45, 2.75) is 11.0 Å². The molecule has 0 fully saturated rings. The highest BCUT2D eigenvalue weighted by Crippen LogP contribution is 2.41. The third-order valence-corrected chi connectivity index (χ3v) is 5.89. The first kappa shape index (κ1) is 14.8. The van der Waals surface area contributed by atoms with Gasteiger partial charge < -0.3 is 4.42 Å². The standard InChI is InChI=1S/C17H11ClN2OS2/c18-14-12-8-4-5-9-13(12)23-15(14)16-19-20-17(21-16)22-10-11-6-2-1-3-7-11/h1-9H,10H2. The largest absolute Gasteiger partial charge is 0.410 e. The van der Waals surface area contributed by atoms with Gasteiger partial charge in [-0.2, -0.15) is 0 Å². The van der Waals surface area contributed by atoms with Gasteiger partial charge in [-0.25, -0.2) is 0 Å².